The zero-order chi connectivity index (χ0) is 13.3. The molecule has 0 amide bonds. The summed E-state index contributed by atoms with van der Waals surface area (Å²) >= 11 is 5.83. The Kier molecular flexibility index (Phi) is 3.29. The second kappa shape index (κ2) is 4.73. The largest absolute Gasteiger partial charge is 0.462 e. The molecule has 0 unspecified atom stereocenters. The maximum Gasteiger partial charge on any atom is 0.343 e. The maximum absolute atomic E-state index is 11.7. The topological polar surface area (TPSA) is 84.9 Å². The predicted octanol–water partition coefficient (Wildman–Crippen LogP) is 1.46. The average Bonchev–Trinajstić information content (AvgIpc) is 2.34. The third-order valence-electron chi connectivity index (χ3n) is 2.42. The first-order valence-corrected chi connectivity index (χ1v) is 5.65. The van der Waals surface area contributed by atoms with Gasteiger partial charge < -0.3 is 9.72 Å². The highest BCUT2D eigenvalue weighted by Gasteiger charge is 2.15. The van der Waals surface area contributed by atoms with E-state index in [0.29, 0.717) is 16.6 Å². The number of nitrogens with one attached hydrogen (secondary N) is 1. The molecule has 2 heterocycles. The normalized spacial score (nSPS) is 10.6. The van der Waals surface area contributed by atoms with E-state index >= 15 is 0 Å². The number of ether oxygens (including phenoxy) is 1. The van der Waals surface area contributed by atoms with Crippen molar-refractivity contribution in [3.05, 3.63) is 32.8 Å². The van der Waals surface area contributed by atoms with Gasteiger partial charge in [0.1, 0.15) is 5.56 Å². The van der Waals surface area contributed by atoms with Crippen LogP contribution in [0.25, 0.3) is 10.9 Å². The monoisotopic (exact) mass is 267 g/mol. The van der Waals surface area contributed by atoms with Gasteiger partial charge in [0.05, 0.1) is 17.8 Å². The fourth-order valence-electron chi connectivity index (χ4n) is 1.56. The van der Waals surface area contributed by atoms with Crippen LogP contribution in [-0.4, -0.2) is 27.8 Å². The lowest BCUT2D eigenvalue weighted by atomic mass is 10.1. The number of hydrogen-bond acceptors (Lipinski definition) is 5. The van der Waals surface area contributed by atoms with Crippen molar-refractivity contribution in [2.45, 2.75) is 13.8 Å². The molecule has 0 aliphatic heterocycles. The van der Waals surface area contributed by atoms with E-state index in [1.165, 1.54) is 6.07 Å². The van der Waals surface area contributed by atoms with Crippen LogP contribution in [-0.2, 0) is 4.74 Å². The van der Waals surface area contributed by atoms with Gasteiger partial charge in [-0.2, -0.15) is 5.10 Å². The number of aromatic amines is 1. The van der Waals surface area contributed by atoms with E-state index in [2.05, 4.69) is 15.2 Å². The SMILES string of the molecule is CCOC(=O)c1cc2c(C)nnc(Cl)c2[nH]c1=O. The standard InChI is InChI=1S/C11H10ClN3O3/c1-3-18-11(17)7-4-6-5(2)14-15-9(12)8(6)13-10(7)16/h4H,3H2,1-2H3,(H,13,16). The number of aryl methyl sites for hydroxylation is 1. The van der Waals surface area contributed by atoms with Gasteiger partial charge >= 0.3 is 5.97 Å². The fraction of sp³-hybridized carbons (Fsp3) is 0.273. The van der Waals surface area contributed by atoms with Gasteiger partial charge in [-0.3, -0.25) is 4.79 Å². The Morgan fingerprint density at radius 3 is 2.89 bits per heavy atom. The highest BCUT2D eigenvalue weighted by Crippen LogP contribution is 2.19. The van der Waals surface area contributed by atoms with Crippen LogP contribution in [0.1, 0.15) is 23.0 Å². The summed E-state index contributed by atoms with van der Waals surface area (Å²) in [6.45, 7) is 3.57. The second-order valence-electron chi connectivity index (χ2n) is 3.60. The first-order valence-electron chi connectivity index (χ1n) is 5.27. The van der Waals surface area contributed by atoms with Crippen molar-refractivity contribution in [2.75, 3.05) is 6.61 Å². The molecule has 2 aromatic heterocycles. The Balaban J connectivity index is 2.72. The summed E-state index contributed by atoms with van der Waals surface area (Å²) in [7, 11) is 0. The van der Waals surface area contributed by atoms with Crippen LogP contribution in [0.15, 0.2) is 10.9 Å². The van der Waals surface area contributed by atoms with Crippen molar-refractivity contribution in [1.82, 2.24) is 15.2 Å². The Labute approximate surface area is 107 Å². The number of nitrogens with zero attached hydrogens (tertiary/aromatic N) is 2. The number of rotatable bonds is 2. The Morgan fingerprint density at radius 2 is 2.22 bits per heavy atom. The van der Waals surface area contributed by atoms with E-state index in [-0.39, 0.29) is 17.3 Å². The summed E-state index contributed by atoms with van der Waals surface area (Å²) in [5.41, 5.74) is 0.296. The molecule has 94 valence electrons. The molecule has 0 spiro atoms. The van der Waals surface area contributed by atoms with Gasteiger partial charge in [-0.15, -0.1) is 5.10 Å². The van der Waals surface area contributed by atoms with E-state index in [1.54, 1.807) is 13.8 Å². The minimum Gasteiger partial charge on any atom is -0.462 e. The summed E-state index contributed by atoms with van der Waals surface area (Å²) in [6, 6.07) is 1.42. The van der Waals surface area contributed by atoms with Crippen LogP contribution in [0.2, 0.25) is 5.15 Å². The van der Waals surface area contributed by atoms with E-state index in [1.807, 2.05) is 0 Å². The molecule has 2 aromatic rings. The van der Waals surface area contributed by atoms with Gasteiger partial charge in [0.15, 0.2) is 5.15 Å². The first kappa shape index (κ1) is 12.5. The van der Waals surface area contributed by atoms with Crippen LogP contribution in [0.5, 0.6) is 0 Å². The molecule has 0 aliphatic carbocycles. The third-order valence-corrected chi connectivity index (χ3v) is 2.68. The van der Waals surface area contributed by atoms with E-state index in [9.17, 15) is 9.59 Å². The van der Waals surface area contributed by atoms with Crippen molar-refractivity contribution in [2.24, 2.45) is 0 Å². The maximum atomic E-state index is 11.7. The second-order valence-corrected chi connectivity index (χ2v) is 3.96. The number of hydrogen-bond donors (Lipinski definition) is 1. The molecule has 0 fully saturated rings. The lowest BCUT2D eigenvalue weighted by Crippen LogP contribution is -2.20. The zero-order valence-corrected chi connectivity index (χ0v) is 10.5. The van der Waals surface area contributed by atoms with Crippen molar-refractivity contribution < 1.29 is 9.53 Å². The van der Waals surface area contributed by atoms with Crippen LogP contribution in [0.3, 0.4) is 0 Å². The van der Waals surface area contributed by atoms with Crippen LogP contribution in [0, 0.1) is 6.92 Å². The number of pyridine rings is 1. The molecule has 0 bridgehead atoms. The predicted molar refractivity (Wildman–Crippen MR) is 65.9 cm³/mol. The average molecular weight is 268 g/mol. The third kappa shape index (κ3) is 2.06. The van der Waals surface area contributed by atoms with Crippen LogP contribution >= 0.6 is 11.6 Å². The number of carbonyl (C=O) groups is 1. The molecular weight excluding hydrogens is 258 g/mol. The Hall–Kier alpha value is -1.95. The number of aromatic nitrogens is 3. The summed E-state index contributed by atoms with van der Waals surface area (Å²) in [5.74, 6) is -0.673. The van der Waals surface area contributed by atoms with Crippen molar-refractivity contribution in [3.8, 4) is 0 Å². The molecule has 0 aliphatic rings. The van der Waals surface area contributed by atoms with Crippen molar-refractivity contribution in [1.29, 1.82) is 0 Å². The molecule has 0 saturated heterocycles. The molecule has 0 saturated carbocycles. The number of H-pyrrole nitrogens is 1. The number of fused-ring (bicyclic) bond motifs is 1. The number of carbonyl (C=O) groups excluding carboxylic acids is 1. The molecule has 0 aromatic carbocycles. The molecular formula is C11H10ClN3O3. The Morgan fingerprint density at radius 1 is 1.50 bits per heavy atom. The smallest absolute Gasteiger partial charge is 0.343 e. The van der Waals surface area contributed by atoms with Crippen LogP contribution in [0.4, 0.5) is 0 Å². The lowest BCUT2D eigenvalue weighted by molar-refractivity contribution is 0.0524. The van der Waals surface area contributed by atoms with Gasteiger partial charge in [0, 0.05) is 5.39 Å². The number of esters is 1. The van der Waals surface area contributed by atoms with Gasteiger partial charge in [0.2, 0.25) is 0 Å². The van der Waals surface area contributed by atoms with Gasteiger partial charge in [-0.05, 0) is 19.9 Å². The molecule has 6 nitrogen and oxygen atoms in total. The minimum absolute atomic E-state index is 0.0727. The van der Waals surface area contributed by atoms with Crippen molar-refractivity contribution >= 4 is 28.5 Å². The van der Waals surface area contributed by atoms with Crippen molar-refractivity contribution in [3.63, 3.8) is 0 Å². The molecule has 1 N–H and O–H groups in total. The van der Waals surface area contributed by atoms with Gasteiger partial charge in [-0.1, -0.05) is 11.6 Å². The highest BCUT2D eigenvalue weighted by atomic mass is 35.5. The quantitative estimate of drug-likeness (QED) is 0.833. The van der Waals surface area contributed by atoms with E-state index in [0.717, 1.165) is 0 Å². The Bertz CT molecular complexity index is 681. The molecule has 7 heteroatoms. The van der Waals surface area contributed by atoms with Gasteiger partial charge in [0.25, 0.3) is 5.56 Å². The highest BCUT2D eigenvalue weighted by molar-refractivity contribution is 6.33. The zero-order valence-electron chi connectivity index (χ0n) is 9.78. The van der Waals surface area contributed by atoms with Crippen LogP contribution < -0.4 is 5.56 Å². The molecule has 0 atom stereocenters. The summed E-state index contributed by atoms with van der Waals surface area (Å²) in [5, 5.41) is 8.17. The molecule has 2 rings (SSSR count). The summed E-state index contributed by atoms with van der Waals surface area (Å²) in [6.07, 6.45) is 0. The molecule has 18 heavy (non-hydrogen) atoms. The summed E-state index contributed by atoms with van der Waals surface area (Å²) < 4.78 is 4.80. The number of halogens is 1. The van der Waals surface area contributed by atoms with Gasteiger partial charge in [-0.25, -0.2) is 4.79 Å². The minimum atomic E-state index is -0.673. The lowest BCUT2D eigenvalue weighted by Gasteiger charge is -2.05. The van der Waals surface area contributed by atoms with E-state index in [4.69, 9.17) is 16.3 Å². The van der Waals surface area contributed by atoms with E-state index < -0.39 is 11.5 Å². The first-order chi connectivity index (χ1) is 8.54. The fourth-order valence-corrected chi connectivity index (χ4v) is 1.75. The molecule has 0 radical (unpaired) electrons. The summed E-state index contributed by atoms with van der Waals surface area (Å²) in [4.78, 5) is 25.9.